The maximum atomic E-state index is 12.6. The predicted molar refractivity (Wildman–Crippen MR) is 104 cm³/mol. The van der Waals surface area contributed by atoms with Gasteiger partial charge in [0.25, 0.3) is 5.91 Å². The molecule has 2 heterocycles. The Bertz CT molecular complexity index is 859. The van der Waals surface area contributed by atoms with E-state index >= 15 is 0 Å². The molecule has 27 heavy (non-hydrogen) atoms. The van der Waals surface area contributed by atoms with Gasteiger partial charge in [0, 0.05) is 19.6 Å². The molecular formula is C18H24ClN3O4S. The summed E-state index contributed by atoms with van der Waals surface area (Å²) in [5.41, 5.74) is 6.68. The highest BCUT2D eigenvalue weighted by Gasteiger charge is 2.25. The Hall–Kier alpha value is -1.87. The van der Waals surface area contributed by atoms with Crippen molar-refractivity contribution in [1.29, 1.82) is 0 Å². The van der Waals surface area contributed by atoms with Gasteiger partial charge in [-0.2, -0.15) is 4.31 Å². The van der Waals surface area contributed by atoms with Crippen LogP contribution in [-0.2, 0) is 23.1 Å². The van der Waals surface area contributed by atoms with E-state index in [1.54, 1.807) is 34.6 Å². The monoisotopic (exact) mass is 413 g/mol. The van der Waals surface area contributed by atoms with Gasteiger partial charge < -0.3 is 15.5 Å². The molecule has 1 aliphatic rings. The molecule has 0 radical (unpaired) electrons. The van der Waals surface area contributed by atoms with Crippen LogP contribution in [0.4, 0.5) is 0 Å². The molecule has 1 saturated heterocycles. The molecule has 2 aromatic rings. The number of hydrogen-bond acceptors (Lipinski definition) is 5. The Kier molecular flexibility index (Phi) is 7.43. The Balaban J connectivity index is 0.00000261. The van der Waals surface area contributed by atoms with Gasteiger partial charge in [0.2, 0.25) is 10.0 Å². The fourth-order valence-electron chi connectivity index (χ4n) is 2.92. The minimum absolute atomic E-state index is 0. The SMILES string of the molecule is Cl.NCc1cc(C(=O)NCc2ccc(S(=O)(=O)N3CCCCC3)cc2)co1. The number of rotatable bonds is 6. The molecule has 148 valence electrons. The van der Waals surface area contributed by atoms with Crippen LogP contribution in [0.1, 0.15) is 40.9 Å². The Morgan fingerprint density at radius 2 is 1.81 bits per heavy atom. The number of nitrogens with two attached hydrogens (primary N) is 1. The van der Waals surface area contributed by atoms with Gasteiger partial charge in [-0.1, -0.05) is 18.6 Å². The van der Waals surface area contributed by atoms with Gasteiger partial charge in [-0.3, -0.25) is 4.79 Å². The fraction of sp³-hybridized carbons (Fsp3) is 0.389. The van der Waals surface area contributed by atoms with Crippen LogP contribution in [-0.4, -0.2) is 31.7 Å². The number of carbonyl (C=O) groups is 1. The Morgan fingerprint density at radius 3 is 2.41 bits per heavy atom. The smallest absolute Gasteiger partial charge is 0.254 e. The zero-order valence-corrected chi connectivity index (χ0v) is 16.5. The normalized spacial score (nSPS) is 15.1. The molecule has 0 spiro atoms. The van der Waals surface area contributed by atoms with Gasteiger partial charge in [-0.05, 0) is 36.6 Å². The lowest BCUT2D eigenvalue weighted by molar-refractivity contribution is 0.0950. The molecule has 1 aromatic heterocycles. The van der Waals surface area contributed by atoms with Crippen LogP contribution in [0.2, 0.25) is 0 Å². The van der Waals surface area contributed by atoms with E-state index in [-0.39, 0.29) is 29.8 Å². The van der Waals surface area contributed by atoms with Crippen LogP contribution in [0.25, 0.3) is 0 Å². The standard InChI is InChI=1S/C18H23N3O4S.ClH/c19-11-16-10-15(13-25-16)18(22)20-12-14-4-6-17(7-5-14)26(23,24)21-8-2-1-3-9-21;/h4-7,10,13H,1-3,8-9,11-12,19H2,(H,20,22);1H. The zero-order valence-electron chi connectivity index (χ0n) is 14.9. The number of amides is 1. The van der Waals surface area contributed by atoms with Crippen LogP contribution in [0.5, 0.6) is 0 Å². The van der Waals surface area contributed by atoms with Crippen molar-refractivity contribution in [3.8, 4) is 0 Å². The van der Waals surface area contributed by atoms with E-state index in [4.69, 9.17) is 10.2 Å². The summed E-state index contributed by atoms with van der Waals surface area (Å²) in [7, 11) is -3.43. The highest BCUT2D eigenvalue weighted by Crippen LogP contribution is 2.20. The third kappa shape index (κ3) is 5.10. The average molecular weight is 414 g/mol. The van der Waals surface area contributed by atoms with Gasteiger partial charge in [0.15, 0.2) is 0 Å². The lowest BCUT2D eigenvalue weighted by Crippen LogP contribution is -2.35. The van der Waals surface area contributed by atoms with Crippen molar-refractivity contribution in [2.24, 2.45) is 5.73 Å². The van der Waals surface area contributed by atoms with E-state index in [0.29, 0.717) is 31.0 Å². The quantitative estimate of drug-likeness (QED) is 0.755. The lowest BCUT2D eigenvalue weighted by atomic mass is 10.2. The van der Waals surface area contributed by atoms with E-state index in [2.05, 4.69) is 5.32 Å². The Labute approximate surface area is 165 Å². The molecule has 0 unspecified atom stereocenters. The van der Waals surface area contributed by atoms with Gasteiger partial charge in [0.05, 0.1) is 17.0 Å². The van der Waals surface area contributed by atoms with Gasteiger partial charge in [-0.25, -0.2) is 8.42 Å². The summed E-state index contributed by atoms with van der Waals surface area (Å²) in [5, 5.41) is 2.77. The van der Waals surface area contributed by atoms with E-state index < -0.39 is 10.0 Å². The molecule has 0 bridgehead atoms. The van der Waals surface area contributed by atoms with E-state index in [1.807, 2.05) is 0 Å². The molecule has 0 saturated carbocycles. The third-order valence-corrected chi connectivity index (χ3v) is 6.36. The second-order valence-corrected chi connectivity index (χ2v) is 8.24. The van der Waals surface area contributed by atoms with Gasteiger partial charge in [0.1, 0.15) is 12.0 Å². The van der Waals surface area contributed by atoms with Crippen molar-refractivity contribution >= 4 is 28.3 Å². The summed E-state index contributed by atoms with van der Waals surface area (Å²) in [4.78, 5) is 12.4. The maximum Gasteiger partial charge on any atom is 0.254 e. The largest absolute Gasteiger partial charge is 0.467 e. The second kappa shape index (κ2) is 9.36. The molecule has 7 nitrogen and oxygen atoms in total. The molecule has 1 fully saturated rings. The number of carbonyl (C=O) groups excluding carboxylic acids is 1. The van der Waals surface area contributed by atoms with Crippen LogP contribution >= 0.6 is 12.4 Å². The second-order valence-electron chi connectivity index (χ2n) is 6.30. The minimum atomic E-state index is -3.43. The number of nitrogens with zero attached hydrogens (tertiary/aromatic N) is 1. The molecule has 1 aliphatic heterocycles. The van der Waals surface area contributed by atoms with Crippen molar-refractivity contribution in [2.45, 2.75) is 37.2 Å². The average Bonchev–Trinajstić information content (AvgIpc) is 3.16. The Morgan fingerprint density at radius 1 is 1.15 bits per heavy atom. The topological polar surface area (TPSA) is 106 Å². The first kappa shape index (κ1) is 21.4. The fourth-order valence-corrected chi connectivity index (χ4v) is 4.44. The summed E-state index contributed by atoms with van der Waals surface area (Å²) in [6, 6.07) is 8.23. The lowest BCUT2D eigenvalue weighted by Gasteiger charge is -2.25. The van der Waals surface area contributed by atoms with E-state index in [1.165, 1.54) is 6.26 Å². The molecule has 3 N–H and O–H groups in total. The van der Waals surface area contributed by atoms with Crippen molar-refractivity contribution in [1.82, 2.24) is 9.62 Å². The summed E-state index contributed by atoms with van der Waals surface area (Å²) >= 11 is 0. The first-order chi connectivity index (χ1) is 12.5. The number of halogens is 1. The maximum absolute atomic E-state index is 12.6. The van der Waals surface area contributed by atoms with E-state index in [9.17, 15) is 13.2 Å². The van der Waals surface area contributed by atoms with Gasteiger partial charge >= 0.3 is 0 Å². The highest BCUT2D eigenvalue weighted by molar-refractivity contribution is 7.89. The number of piperidine rings is 1. The number of benzene rings is 1. The number of furan rings is 1. The van der Waals surface area contributed by atoms with Gasteiger partial charge in [-0.15, -0.1) is 12.4 Å². The highest BCUT2D eigenvalue weighted by atomic mass is 35.5. The predicted octanol–water partition coefficient (Wildman–Crippen LogP) is 2.26. The molecule has 0 atom stereocenters. The zero-order chi connectivity index (χ0) is 18.6. The van der Waals surface area contributed by atoms with Crippen LogP contribution < -0.4 is 11.1 Å². The van der Waals surface area contributed by atoms with Crippen LogP contribution in [0.15, 0.2) is 45.9 Å². The van der Waals surface area contributed by atoms with Crippen molar-refractivity contribution < 1.29 is 17.6 Å². The van der Waals surface area contributed by atoms with Crippen LogP contribution in [0.3, 0.4) is 0 Å². The third-order valence-electron chi connectivity index (χ3n) is 4.45. The van der Waals surface area contributed by atoms with Crippen molar-refractivity contribution in [2.75, 3.05) is 13.1 Å². The molecule has 9 heteroatoms. The minimum Gasteiger partial charge on any atom is -0.467 e. The number of sulfonamides is 1. The molecule has 3 rings (SSSR count). The summed E-state index contributed by atoms with van der Waals surface area (Å²) in [6.07, 6.45) is 4.26. The number of nitrogens with one attached hydrogen (secondary N) is 1. The molecule has 1 aromatic carbocycles. The number of hydrogen-bond donors (Lipinski definition) is 2. The van der Waals surface area contributed by atoms with Crippen molar-refractivity contribution in [3.05, 3.63) is 53.5 Å². The van der Waals surface area contributed by atoms with Crippen molar-refractivity contribution in [3.63, 3.8) is 0 Å². The van der Waals surface area contributed by atoms with Crippen LogP contribution in [0, 0.1) is 0 Å². The van der Waals surface area contributed by atoms with E-state index in [0.717, 1.165) is 24.8 Å². The first-order valence-electron chi connectivity index (χ1n) is 8.65. The first-order valence-corrected chi connectivity index (χ1v) is 10.1. The molecular weight excluding hydrogens is 390 g/mol. The molecule has 0 aliphatic carbocycles. The summed E-state index contributed by atoms with van der Waals surface area (Å²) in [5.74, 6) is 0.279. The summed E-state index contributed by atoms with van der Waals surface area (Å²) in [6.45, 7) is 1.69. The molecule has 1 amide bonds. The summed E-state index contributed by atoms with van der Waals surface area (Å²) < 4.78 is 31.9.